The van der Waals surface area contributed by atoms with Gasteiger partial charge in [0.15, 0.2) is 0 Å². The zero-order valence-corrected chi connectivity index (χ0v) is 6.51. The molecule has 2 rings (SSSR count). The summed E-state index contributed by atoms with van der Waals surface area (Å²) in [5.41, 5.74) is 2.52. The van der Waals surface area contributed by atoms with E-state index in [1.165, 1.54) is 5.57 Å². The van der Waals surface area contributed by atoms with Crippen molar-refractivity contribution in [3.8, 4) is 0 Å². The van der Waals surface area contributed by atoms with Crippen LogP contribution in [-0.2, 0) is 0 Å². The van der Waals surface area contributed by atoms with E-state index in [0.717, 1.165) is 31.3 Å². The molecule has 0 bridgehead atoms. The molecule has 0 atom stereocenters. The summed E-state index contributed by atoms with van der Waals surface area (Å²) in [6.45, 7) is 0. The Morgan fingerprint density at radius 2 is 2.00 bits per heavy atom. The van der Waals surface area contributed by atoms with Gasteiger partial charge in [-0.15, -0.1) is 0 Å². The fourth-order valence-corrected chi connectivity index (χ4v) is 1.73. The van der Waals surface area contributed by atoms with Crippen molar-refractivity contribution in [2.45, 2.75) is 25.7 Å². The van der Waals surface area contributed by atoms with E-state index < -0.39 is 0 Å². The van der Waals surface area contributed by atoms with Gasteiger partial charge in [-0.25, -0.2) is 0 Å². The third kappa shape index (κ3) is 1.11. The first-order valence-electron chi connectivity index (χ1n) is 4.16. The molecule has 0 saturated carbocycles. The van der Waals surface area contributed by atoms with Crippen LogP contribution in [0.4, 0.5) is 0 Å². The molecular formula is C10H12O. The molecule has 0 unspecified atom stereocenters. The summed E-state index contributed by atoms with van der Waals surface area (Å²) in [5.74, 6) is 0.488. The molecule has 0 aliphatic heterocycles. The molecule has 0 fully saturated rings. The number of hydrogen-bond donors (Lipinski definition) is 1. The maximum Gasteiger partial charge on any atom is 0.118 e. The lowest BCUT2D eigenvalue weighted by Crippen LogP contribution is -2.02. The average molecular weight is 148 g/mol. The van der Waals surface area contributed by atoms with Gasteiger partial charge in [0.2, 0.25) is 0 Å². The summed E-state index contributed by atoms with van der Waals surface area (Å²) >= 11 is 0. The van der Waals surface area contributed by atoms with Gasteiger partial charge in [-0.3, -0.25) is 0 Å². The van der Waals surface area contributed by atoms with Gasteiger partial charge in [0.1, 0.15) is 5.76 Å². The third-order valence-corrected chi connectivity index (χ3v) is 2.34. The first-order valence-corrected chi connectivity index (χ1v) is 4.16. The molecule has 58 valence electrons. The first kappa shape index (κ1) is 6.71. The molecule has 0 aromatic heterocycles. The highest BCUT2D eigenvalue weighted by Crippen LogP contribution is 2.30. The number of allylic oxidation sites excluding steroid dienone is 4. The van der Waals surface area contributed by atoms with Gasteiger partial charge in [-0.1, -0.05) is 17.7 Å². The van der Waals surface area contributed by atoms with Gasteiger partial charge in [-0.2, -0.15) is 0 Å². The van der Waals surface area contributed by atoms with Crippen molar-refractivity contribution in [3.05, 3.63) is 35.1 Å². The normalized spacial score (nSPS) is 23.1. The maximum absolute atomic E-state index is 9.46. The number of rotatable bonds is 0. The van der Waals surface area contributed by atoms with Gasteiger partial charge >= 0.3 is 0 Å². The largest absolute Gasteiger partial charge is 0.508 e. The van der Waals surface area contributed by atoms with Crippen LogP contribution in [0.15, 0.2) is 35.1 Å². The minimum Gasteiger partial charge on any atom is -0.508 e. The summed E-state index contributed by atoms with van der Waals surface area (Å²) in [5, 5.41) is 9.46. The van der Waals surface area contributed by atoms with E-state index >= 15 is 0 Å². The van der Waals surface area contributed by atoms with Crippen molar-refractivity contribution in [2.24, 2.45) is 0 Å². The highest BCUT2D eigenvalue weighted by molar-refractivity contribution is 5.44. The Morgan fingerprint density at radius 1 is 1.18 bits per heavy atom. The van der Waals surface area contributed by atoms with E-state index in [1.807, 2.05) is 12.2 Å². The Hall–Kier alpha value is -0.980. The standard InChI is InChI=1S/C10H12O/c11-10-7-3-5-8-4-1-2-6-9(8)10/h2,6-7,11H,1,3-5H2. The molecule has 0 radical (unpaired) electrons. The molecule has 0 aromatic carbocycles. The second kappa shape index (κ2) is 2.57. The lowest BCUT2D eigenvalue weighted by molar-refractivity contribution is 0.417. The lowest BCUT2D eigenvalue weighted by atomic mass is 9.89. The highest BCUT2D eigenvalue weighted by atomic mass is 16.3. The zero-order valence-electron chi connectivity index (χ0n) is 6.51. The van der Waals surface area contributed by atoms with Crippen LogP contribution in [0.3, 0.4) is 0 Å². The predicted octanol–water partition coefficient (Wildman–Crippen LogP) is 2.87. The smallest absolute Gasteiger partial charge is 0.118 e. The predicted molar refractivity (Wildman–Crippen MR) is 45.3 cm³/mol. The summed E-state index contributed by atoms with van der Waals surface area (Å²) in [6.07, 6.45) is 10.5. The molecule has 1 heteroatoms. The Labute approximate surface area is 66.7 Å². The van der Waals surface area contributed by atoms with Gasteiger partial charge in [0.25, 0.3) is 0 Å². The quantitative estimate of drug-likeness (QED) is 0.560. The van der Waals surface area contributed by atoms with E-state index in [2.05, 4.69) is 6.08 Å². The van der Waals surface area contributed by atoms with Crippen LogP contribution in [0.5, 0.6) is 0 Å². The van der Waals surface area contributed by atoms with E-state index in [4.69, 9.17) is 0 Å². The molecule has 1 nitrogen and oxygen atoms in total. The van der Waals surface area contributed by atoms with Crippen molar-refractivity contribution in [1.82, 2.24) is 0 Å². The third-order valence-electron chi connectivity index (χ3n) is 2.34. The highest BCUT2D eigenvalue weighted by Gasteiger charge is 2.14. The van der Waals surface area contributed by atoms with E-state index in [-0.39, 0.29) is 0 Å². The number of aliphatic hydroxyl groups is 1. The molecule has 0 amide bonds. The first-order chi connectivity index (χ1) is 5.38. The molecule has 0 heterocycles. The van der Waals surface area contributed by atoms with Crippen molar-refractivity contribution in [3.63, 3.8) is 0 Å². The summed E-state index contributed by atoms with van der Waals surface area (Å²) in [4.78, 5) is 0. The fourth-order valence-electron chi connectivity index (χ4n) is 1.73. The SMILES string of the molecule is OC1=CCCC2=C1C=CCC2. The molecule has 1 N–H and O–H groups in total. The molecule has 0 saturated heterocycles. The van der Waals surface area contributed by atoms with Crippen molar-refractivity contribution >= 4 is 0 Å². The van der Waals surface area contributed by atoms with Crippen molar-refractivity contribution in [2.75, 3.05) is 0 Å². The second-order valence-corrected chi connectivity index (χ2v) is 3.09. The van der Waals surface area contributed by atoms with Gasteiger partial charge in [0.05, 0.1) is 0 Å². The molecule has 11 heavy (non-hydrogen) atoms. The molecular weight excluding hydrogens is 136 g/mol. The van der Waals surface area contributed by atoms with Crippen LogP contribution in [-0.4, -0.2) is 5.11 Å². The molecule has 0 aromatic rings. The van der Waals surface area contributed by atoms with Gasteiger partial charge in [-0.05, 0) is 31.8 Å². The lowest BCUT2D eigenvalue weighted by Gasteiger charge is -2.18. The Kier molecular flexibility index (Phi) is 1.57. The monoisotopic (exact) mass is 148 g/mol. The Morgan fingerprint density at radius 3 is 2.82 bits per heavy atom. The summed E-state index contributed by atoms with van der Waals surface area (Å²) < 4.78 is 0. The molecule has 2 aliphatic rings. The van der Waals surface area contributed by atoms with Gasteiger partial charge in [0, 0.05) is 5.57 Å². The molecule has 0 spiro atoms. The average Bonchev–Trinajstić information content (AvgIpc) is 2.06. The fraction of sp³-hybridized carbons (Fsp3) is 0.400. The second-order valence-electron chi connectivity index (χ2n) is 3.09. The van der Waals surface area contributed by atoms with Crippen molar-refractivity contribution < 1.29 is 5.11 Å². The Bertz CT molecular complexity index is 252. The van der Waals surface area contributed by atoms with E-state index in [1.54, 1.807) is 0 Å². The van der Waals surface area contributed by atoms with E-state index in [9.17, 15) is 5.11 Å². The number of aliphatic hydroxyl groups excluding tert-OH is 1. The van der Waals surface area contributed by atoms with Crippen LogP contribution in [0.25, 0.3) is 0 Å². The summed E-state index contributed by atoms with van der Waals surface area (Å²) in [7, 11) is 0. The van der Waals surface area contributed by atoms with Crippen LogP contribution in [0.2, 0.25) is 0 Å². The summed E-state index contributed by atoms with van der Waals surface area (Å²) in [6, 6.07) is 0. The van der Waals surface area contributed by atoms with Crippen LogP contribution in [0, 0.1) is 0 Å². The number of hydrogen-bond acceptors (Lipinski definition) is 1. The van der Waals surface area contributed by atoms with Crippen LogP contribution < -0.4 is 0 Å². The van der Waals surface area contributed by atoms with Gasteiger partial charge < -0.3 is 5.11 Å². The molecule has 2 aliphatic carbocycles. The minimum atomic E-state index is 0.488. The zero-order chi connectivity index (χ0) is 7.68. The van der Waals surface area contributed by atoms with Crippen LogP contribution in [0.1, 0.15) is 25.7 Å². The van der Waals surface area contributed by atoms with Crippen molar-refractivity contribution in [1.29, 1.82) is 0 Å². The Balaban J connectivity index is 2.38. The van der Waals surface area contributed by atoms with E-state index in [0.29, 0.717) is 5.76 Å². The minimum absolute atomic E-state index is 0.488. The topological polar surface area (TPSA) is 20.2 Å². The maximum atomic E-state index is 9.46. The van der Waals surface area contributed by atoms with Crippen LogP contribution >= 0.6 is 0 Å².